The molecule has 0 saturated carbocycles. The summed E-state index contributed by atoms with van der Waals surface area (Å²) < 4.78 is 5.09. The molecule has 0 aliphatic carbocycles. The highest BCUT2D eigenvalue weighted by molar-refractivity contribution is 5.76. The highest BCUT2D eigenvalue weighted by Gasteiger charge is 2.19. The van der Waals surface area contributed by atoms with Crippen molar-refractivity contribution in [2.24, 2.45) is 5.73 Å². The van der Waals surface area contributed by atoms with Crippen molar-refractivity contribution in [3.05, 3.63) is 17.0 Å². The Hall–Kier alpha value is -1.36. The fourth-order valence-electron chi connectivity index (χ4n) is 1.93. The van der Waals surface area contributed by atoms with Gasteiger partial charge in [-0.2, -0.15) is 0 Å². The molecule has 0 aromatic carbocycles. The second-order valence-electron chi connectivity index (χ2n) is 5.52. The summed E-state index contributed by atoms with van der Waals surface area (Å²) in [4.78, 5) is 11.8. The molecule has 1 heterocycles. The zero-order valence-corrected chi connectivity index (χ0v) is 11.8. The maximum absolute atomic E-state index is 11.8. The number of nitrogens with zero attached hydrogens (tertiary/aromatic N) is 1. The first-order chi connectivity index (χ1) is 8.20. The Morgan fingerprint density at radius 2 is 2.11 bits per heavy atom. The van der Waals surface area contributed by atoms with Crippen molar-refractivity contribution in [3.63, 3.8) is 0 Å². The van der Waals surface area contributed by atoms with Crippen molar-refractivity contribution in [2.45, 2.75) is 59.0 Å². The maximum atomic E-state index is 11.8. The third-order valence-electron chi connectivity index (χ3n) is 2.90. The second-order valence-corrected chi connectivity index (χ2v) is 5.52. The second kappa shape index (κ2) is 5.52. The van der Waals surface area contributed by atoms with E-state index in [0.717, 1.165) is 17.0 Å². The molecule has 0 bridgehead atoms. The van der Waals surface area contributed by atoms with Crippen LogP contribution in [-0.2, 0) is 4.79 Å². The highest BCUT2D eigenvalue weighted by atomic mass is 16.5. The van der Waals surface area contributed by atoms with Gasteiger partial charge in [-0.1, -0.05) is 5.16 Å². The lowest BCUT2D eigenvalue weighted by Gasteiger charge is -2.19. The molecule has 0 spiro atoms. The van der Waals surface area contributed by atoms with E-state index < -0.39 is 0 Å². The molecule has 0 saturated heterocycles. The lowest BCUT2D eigenvalue weighted by molar-refractivity contribution is -0.122. The number of nitrogens with one attached hydrogen (secondary N) is 1. The number of carbonyl (C=O) groups is 1. The minimum absolute atomic E-state index is 0.000949. The number of carbonyl (C=O) groups excluding carboxylic acids is 1. The van der Waals surface area contributed by atoms with Crippen molar-refractivity contribution in [1.82, 2.24) is 10.5 Å². The number of rotatable bonds is 5. The van der Waals surface area contributed by atoms with E-state index in [0.29, 0.717) is 12.8 Å². The minimum Gasteiger partial charge on any atom is -0.361 e. The van der Waals surface area contributed by atoms with Crippen LogP contribution in [0.1, 0.15) is 56.7 Å². The Kier molecular flexibility index (Phi) is 4.51. The molecule has 0 fully saturated rings. The van der Waals surface area contributed by atoms with Crippen molar-refractivity contribution >= 4 is 5.91 Å². The molecule has 102 valence electrons. The summed E-state index contributed by atoms with van der Waals surface area (Å²) in [5, 5.41) is 6.83. The maximum Gasteiger partial charge on any atom is 0.220 e. The van der Waals surface area contributed by atoms with Crippen LogP contribution in [0.2, 0.25) is 0 Å². The first kappa shape index (κ1) is 14.7. The van der Waals surface area contributed by atoms with Gasteiger partial charge in [-0.05, 0) is 41.0 Å². The van der Waals surface area contributed by atoms with Crippen LogP contribution >= 0.6 is 0 Å². The van der Waals surface area contributed by atoms with Crippen molar-refractivity contribution in [1.29, 1.82) is 0 Å². The number of amides is 1. The summed E-state index contributed by atoms with van der Waals surface area (Å²) in [6.45, 7) is 9.48. The summed E-state index contributed by atoms with van der Waals surface area (Å²) in [6, 6.07) is -0.0929. The van der Waals surface area contributed by atoms with Gasteiger partial charge in [-0.25, -0.2) is 0 Å². The molecule has 0 radical (unpaired) electrons. The Morgan fingerprint density at radius 3 is 2.56 bits per heavy atom. The molecule has 5 heteroatoms. The largest absolute Gasteiger partial charge is 0.361 e. The zero-order valence-electron chi connectivity index (χ0n) is 11.8. The SMILES string of the molecule is Cc1noc(C)c1C(C)NC(=O)CCC(C)(C)N. The summed E-state index contributed by atoms with van der Waals surface area (Å²) in [5.74, 6) is 0.750. The number of nitrogens with two attached hydrogens (primary N) is 1. The lowest BCUT2D eigenvalue weighted by Crippen LogP contribution is -2.35. The molecule has 5 nitrogen and oxygen atoms in total. The predicted molar refractivity (Wildman–Crippen MR) is 70.0 cm³/mol. The Balaban J connectivity index is 2.55. The molecule has 1 atom stereocenters. The molecule has 3 N–H and O–H groups in total. The summed E-state index contributed by atoms with van der Waals surface area (Å²) in [5.41, 5.74) is 7.31. The monoisotopic (exact) mass is 253 g/mol. The molecule has 1 unspecified atom stereocenters. The van der Waals surface area contributed by atoms with Gasteiger partial charge in [0.05, 0.1) is 11.7 Å². The van der Waals surface area contributed by atoms with E-state index >= 15 is 0 Å². The van der Waals surface area contributed by atoms with E-state index in [-0.39, 0.29) is 17.5 Å². The first-order valence-electron chi connectivity index (χ1n) is 6.21. The molecular formula is C13H23N3O2. The third-order valence-corrected chi connectivity index (χ3v) is 2.90. The van der Waals surface area contributed by atoms with Gasteiger partial charge in [-0.3, -0.25) is 4.79 Å². The van der Waals surface area contributed by atoms with Crippen LogP contribution in [0.25, 0.3) is 0 Å². The van der Waals surface area contributed by atoms with Gasteiger partial charge in [0.1, 0.15) is 5.76 Å². The van der Waals surface area contributed by atoms with E-state index in [9.17, 15) is 4.79 Å². The molecular weight excluding hydrogens is 230 g/mol. The first-order valence-corrected chi connectivity index (χ1v) is 6.21. The number of hydrogen-bond donors (Lipinski definition) is 2. The summed E-state index contributed by atoms with van der Waals surface area (Å²) >= 11 is 0. The number of hydrogen-bond acceptors (Lipinski definition) is 4. The van der Waals surface area contributed by atoms with E-state index in [2.05, 4.69) is 10.5 Å². The van der Waals surface area contributed by atoms with Gasteiger partial charge in [-0.15, -0.1) is 0 Å². The van der Waals surface area contributed by atoms with Crippen LogP contribution in [0.4, 0.5) is 0 Å². The van der Waals surface area contributed by atoms with Gasteiger partial charge in [0.15, 0.2) is 0 Å². The smallest absolute Gasteiger partial charge is 0.220 e. The fourth-order valence-corrected chi connectivity index (χ4v) is 1.93. The highest BCUT2D eigenvalue weighted by Crippen LogP contribution is 2.21. The summed E-state index contributed by atoms with van der Waals surface area (Å²) in [6.07, 6.45) is 1.09. The standard InChI is InChI=1S/C13H23N3O2/c1-8(12-9(2)16-18-10(12)3)15-11(17)6-7-13(4,5)14/h8H,6-7,14H2,1-5H3,(H,15,17). The summed E-state index contributed by atoms with van der Waals surface area (Å²) in [7, 11) is 0. The third kappa shape index (κ3) is 4.14. The Morgan fingerprint density at radius 1 is 1.50 bits per heavy atom. The number of aryl methyl sites for hydroxylation is 2. The van der Waals surface area contributed by atoms with Gasteiger partial charge >= 0.3 is 0 Å². The molecule has 18 heavy (non-hydrogen) atoms. The Labute approximate surface area is 108 Å². The lowest BCUT2D eigenvalue weighted by atomic mass is 9.99. The van der Waals surface area contributed by atoms with Crippen LogP contribution in [-0.4, -0.2) is 16.6 Å². The van der Waals surface area contributed by atoms with Crippen LogP contribution in [0.5, 0.6) is 0 Å². The molecule has 0 aliphatic heterocycles. The van der Waals surface area contributed by atoms with Crippen LogP contribution in [0.15, 0.2) is 4.52 Å². The Bertz CT molecular complexity index is 399. The van der Waals surface area contributed by atoms with Gasteiger partial charge in [0.2, 0.25) is 5.91 Å². The van der Waals surface area contributed by atoms with Crippen molar-refractivity contribution in [3.8, 4) is 0 Å². The van der Waals surface area contributed by atoms with Gasteiger partial charge in [0, 0.05) is 17.5 Å². The topological polar surface area (TPSA) is 81.2 Å². The molecule has 1 rings (SSSR count). The average molecular weight is 253 g/mol. The molecule has 1 aromatic rings. The number of aromatic nitrogens is 1. The molecule has 1 aromatic heterocycles. The fraction of sp³-hybridized carbons (Fsp3) is 0.692. The van der Waals surface area contributed by atoms with E-state index in [1.54, 1.807) is 0 Å². The van der Waals surface area contributed by atoms with E-state index in [4.69, 9.17) is 10.3 Å². The van der Waals surface area contributed by atoms with Crippen molar-refractivity contribution < 1.29 is 9.32 Å². The van der Waals surface area contributed by atoms with Crippen molar-refractivity contribution in [2.75, 3.05) is 0 Å². The quantitative estimate of drug-likeness (QED) is 0.840. The van der Waals surface area contributed by atoms with Crippen LogP contribution in [0.3, 0.4) is 0 Å². The minimum atomic E-state index is -0.316. The zero-order chi connectivity index (χ0) is 13.9. The van der Waals surface area contributed by atoms with E-state index in [1.807, 2.05) is 34.6 Å². The van der Waals surface area contributed by atoms with E-state index in [1.165, 1.54) is 0 Å². The van der Waals surface area contributed by atoms with Crippen LogP contribution < -0.4 is 11.1 Å². The van der Waals surface area contributed by atoms with Gasteiger partial charge in [0.25, 0.3) is 0 Å². The molecule has 1 amide bonds. The van der Waals surface area contributed by atoms with Crippen LogP contribution in [0, 0.1) is 13.8 Å². The average Bonchev–Trinajstić information content (AvgIpc) is 2.54. The normalized spacial score (nSPS) is 13.4. The predicted octanol–water partition coefficient (Wildman–Crippen LogP) is 1.99. The molecule has 0 aliphatic rings. The van der Waals surface area contributed by atoms with Gasteiger partial charge < -0.3 is 15.6 Å².